The summed E-state index contributed by atoms with van der Waals surface area (Å²) < 4.78 is 0. The van der Waals surface area contributed by atoms with Crippen molar-refractivity contribution in [1.29, 1.82) is 0 Å². The molecular formula is C13H23N3O. The number of hydrogen-bond acceptors (Lipinski definition) is 2. The summed E-state index contributed by atoms with van der Waals surface area (Å²) in [6.45, 7) is 0.913. The van der Waals surface area contributed by atoms with Crippen LogP contribution >= 0.6 is 0 Å². The molecular weight excluding hydrogens is 214 g/mol. The van der Waals surface area contributed by atoms with E-state index in [0.717, 1.165) is 6.54 Å². The summed E-state index contributed by atoms with van der Waals surface area (Å²) in [5.41, 5.74) is 6.63. The van der Waals surface area contributed by atoms with Crippen LogP contribution in [0.15, 0.2) is 0 Å². The Labute approximate surface area is 103 Å². The summed E-state index contributed by atoms with van der Waals surface area (Å²) in [5, 5.41) is 0. The summed E-state index contributed by atoms with van der Waals surface area (Å²) in [4.78, 5) is 15.7. The molecule has 1 heterocycles. The molecule has 17 heavy (non-hydrogen) atoms. The number of urea groups is 1. The van der Waals surface area contributed by atoms with Crippen molar-refractivity contribution in [3.05, 3.63) is 0 Å². The van der Waals surface area contributed by atoms with Crippen molar-refractivity contribution in [2.75, 3.05) is 20.6 Å². The van der Waals surface area contributed by atoms with Crippen LogP contribution in [0.1, 0.15) is 38.5 Å². The normalized spacial score (nSPS) is 45.8. The van der Waals surface area contributed by atoms with Crippen LogP contribution in [0, 0.1) is 5.41 Å². The average molecular weight is 237 g/mol. The van der Waals surface area contributed by atoms with E-state index in [9.17, 15) is 4.79 Å². The van der Waals surface area contributed by atoms with Gasteiger partial charge in [0.05, 0.1) is 5.54 Å². The van der Waals surface area contributed by atoms with Gasteiger partial charge < -0.3 is 15.5 Å². The Bertz CT molecular complexity index is 339. The molecule has 2 saturated carbocycles. The first-order chi connectivity index (χ1) is 7.96. The lowest BCUT2D eigenvalue weighted by molar-refractivity contribution is -0.0611. The quantitative estimate of drug-likeness (QED) is 0.692. The number of carbonyl (C=O) groups excluding carboxylic acids is 1. The van der Waals surface area contributed by atoms with E-state index in [4.69, 9.17) is 5.73 Å². The van der Waals surface area contributed by atoms with E-state index in [0.29, 0.717) is 11.5 Å². The Morgan fingerprint density at radius 2 is 1.82 bits per heavy atom. The number of carbonyl (C=O) groups is 1. The fourth-order valence-corrected chi connectivity index (χ4v) is 4.37. The molecule has 4 heteroatoms. The van der Waals surface area contributed by atoms with Crippen molar-refractivity contribution in [2.24, 2.45) is 11.1 Å². The molecule has 0 aromatic carbocycles. The van der Waals surface area contributed by atoms with Gasteiger partial charge in [-0.15, -0.1) is 0 Å². The van der Waals surface area contributed by atoms with Crippen LogP contribution in [-0.2, 0) is 0 Å². The van der Waals surface area contributed by atoms with Crippen molar-refractivity contribution in [1.82, 2.24) is 9.80 Å². The standard InChI is InChI=1S/C13H23N3O/c1-15-9-13(16(2)11(15)17)7-12(8-13)5-3-10(14)4-6-12/h10H,3-9,14H2,1-2H3. The van der Waals surface area contributed by atoms with E-state index in [1.54, 1.807) is 0 Å². The molecule has 0 unspecified atom stereocenters. The molecule has 0 atom stereocenters. The zero-order valence-corrected chi connectivity index (χ0v) is 10.9. The fraction of sp³-hybridized carbons (Fsp3) is 0.923. The maximum Gasteiger partial charge on any atom is 0.320 e. The van der Waals surface area contributed by atoms with E-state index < -0.39 is 0 Å². The average Bonchev–Trinajstić information content (AvgIpc) is 2.47. The molecule has 2 aliphatic carbocycles. The van der Waals surface area contributed by atoms with Crippen LogP contribution in [0.3, 0.4) is 0 Å². The largest absolute Gasteiger partial charge is 0.328 e. The second kappa shape index (κ2) is 3.37. The zero-order valence-electron chi connectivity index (χ0n) is 10.9. The summed E-state index contributed by atoms with van der Waals surface area (Å²) in [7, 11) is 3.88. The van der Waals surface area contributed by atoms with E-state index >= 15 is 0 Å². The number of nitrogens with zero attached hydrogens (tertiary/aromatic N) is 2. The van der Waals surface area contributed by atoms with Gasteiger partial charge in [0.1, 0.15) is 0 Å². The monoisotopic (exact) mass is 237 g/mol. The smallest absolute Gasteiger partial charge is 0.320 e. The van der Waals surface area contributed by atoms with Gasteiger partial charge in [0.25, 0.3) is 0 Å². The van der Waals surface area contributed by atoms with Gasteiger partial charge in [-0.25, -0.2) is 4.79 Å². The Hall–Kier alpha value is -0.770. The minimum atomic E-state index is 0.146. The van der Waals surface area contributed by atoms with E-state index in [-0.39, 0.29) is 11.6 Å². The summed E-state index contributed by atoms with van der Waals surface area (Å²) in [5.74, 6) is 0. The highest BCUT2D eigenvalue weighted by Crippen LogP contribution is 2.59. The molecule has 3 aliphatic rings. The molecule has 3 fully saturated rings. The topological polar surface area (TPSA) is 49.6 Å². The van der Waals surface area contributed by atoms with Gasteiger partial charge in [0.15, 0.2) is 0 Å². The maximum absolute atomic E-state index is 11.9. The minimum absolute atomic E-state index is 0.146. The summed E-state index contributed by atoms with van der Waals surface area (Å²) >= 11 is 0. The third-order valence-corrected chi connectivity index (χ3v) is 5.36. The van der Waals surface area contributed by atoms with Gasteiger partial charge in [0, 0.05) is 26.7 Å². The van der Waals surface area contributed by atoms with Crippen molar-refractivity contribution < 1.29 is 4.79 Å². The van der Waals surface area contributed by atoms with Gasteiger partial charge in [-0.1, -0.05) is 0 Å². The van der Waals surface area contributed by atoms with Crippen LogP contribution in [-0.4, -0.2) is 48.1 Å². The zero-order chi connectivity index (χ0) is 12.3. The lowest BCUT2D eigenvalue weighted by Crippen LogP contribution is -2.61. The second-order valence-corrected chi connectivity index (χ2v) is 6.61. The van der Waals surface area contributed by atoms with Crippen molar-refractivity contribution >= 4 is 6.03 Å². The first-order valence-corrected chi connectivity index (χ1v) is 6.71. The Balaban J connectivity index is 1.70. The molecule has 2 N–H and O–H groups in total. The molecule has 0 aromatic heterocycles. The number of nitrogens with two attached hydrogens (primary N) is 1. The molecule has 96 valence electrons. The Morgan fingerprint density at radius 3 is 2.29 bits per heavy atom. The Kier molecular flexibility index (Phi) is 2.25. The molecule has 2 amide bonds. The minimum Gasteiger partial charge on any atom is -0.328 e. The predicted octanol–water partition coefficient (Wildman–Crippen LogP) is 1.40. The van der Waals surface area contributed by atoms with Gasteiger partial charge in [-0.3, -0.25) is 0 Å². The van der Waals surface area contributed by atoms with Crippen molar-refractivity contribution in [2.45, 2.75) is 50.1 Å². The Morgan fingerprint density at radius 1 is 1.24 bits per heavy atom. The highest BCUT2D eigenvalue weighted by Gasteiger charge is 2.61. The van der Waals surface area contributed by atoms with Gasteiger partial charge in [-0.05, 0) is 43.9 Å². The highest BCUT2D eigenvalue weighted by atomic mass is 16.2. The molecule has 4 nitrogen and oxygen atoms in total. The molecule has 1 saturated heterocycles. The number of rotatable bonds is 0. The lowest BCUT2D eigenvalue weighted by atomic mass is 9.51. The van der Waals surface area contributed by atoms with E-state index in [2.05, 4.69) is 0 Å². The van der Waals surface area contributed by atoms with Gasteiger partial charge >= 0.3 is 6.03 Å². The van der Waals surface area contributed by atoms with Crippen LogP contribution in [0.5, 0.6) is 0 Å². The van der Waals surface area contributed by atoms with Crippen molar-refractivity contribution in [3.8, 4) is 0 Å². The second-order valence-electron chi connectivity index (χ2n) is 6.61. The highest BCUT2D eigenvalue weighted by molar-refractivity contribution is 5.78. The molecule has 3 rings (SSSR count). The first-order valence-electron chi connectivity index (χ1n) is 6.71. The van der Waals surface area contributed by atoms with Crippen LogP contribution in [0.4, 0.5) is 4.79 Å². The molecule has 0 bridgehead atoms. The lowest BCUT2D eigenvalue weighted by Gasteiger charge is -2.59. The number of hydrogen-bond donors (Lipinski definition) is 1. The van der Waals surface area contributed by atoms with Crippen LogP contribution < -0.4 is 5.73 Å². The third-order valence-electron chi connectivity index (χ3n) is 5.36. The number of amides is 2. The summed E-state index contributed by atoms with van der Waals surface area (Å²) in [6, 6.07) is 0.607. The molecule has 2 spiro atoms. The predicted molar refractivity (Wildman–Crippen MR) is 66.6 cm³/mol. The SMILES string of the molecule is CN1CC2(CC3(CCC(N)CC3)C2)N(C)C1=O. The molecule has 0 aromatic rings. The molecule has 0 radical (unpaired) electrons. The van der Waals surface area contributed by atoms with Gasteiger partial charge in [0.2, 0.25) is 0 Å². The number of likely N-dealkylation sites (N-methyl/N-ethyl adjacent to an activating group) is 2. The molecule has 1 aliphatic heterocycles. The van der Waals surface area contributed by atoms with Crippen molar-refractivity contribution in [3.63, 3.8) is 0 Å². The van der Waals surface area contributed by atoms with Crippen LogP contribution in [0.25, 0.3) is 0 Å². The van der Waals surface area contributed by atoms with E-state index in [1.165, 1.54) is 38.5 Å². The first kappa shape index (κ1) is 11.3. The van der Waals surface area contributed by atoms with E-state index in [1.807, 2.05) is 23.9 Å². The van der Waals surface area contributed by atoms with Crippen LogP contribution in [0.2, 0.25) is 0 Å². The van der Waals surface area contributed by atoms with Gasteiger partial charge in [-0.2, -0.15) is 0 Å². The fourth-order valence-electron chi connectivity index (χ4n) is 4.37. The third kappa shape index (κ3) is 1.49. The summed E-state index contributed by atoms with van der Waals surface area (Å²) in [6.07, 6.45) is 7.26. The maximum atomic E-state index is 11.9.